The van der Waals surface area contributed by atoms with Gasteiger partial charge in [-0.05, 0) is 32.9 Å². The van der Waals surface area contributed by atoms with E-state index >= 15 is 0 Å². The maximum absolute atomic E-state index is 11.1. The highest BCUT2D eigenvalue weighted by atomic mass is 16.1. The summed E-state index contributed by atoms with van der Waals surface area (Å²) in [5.41, 5.74) is 11.9. The number of aromatic nitrogens is 2. The van der Waals surface area contributed by atoms with Gasteiger partial charge in [0.2, 0.25) is 5.91 Å². The number of hydrogen-bond acceptors (Lipinski definition) is 5. The Morgan fingerprint density at radius 3 is 2.67 bits per heavy atom. The van der Waals surface area contributed by atoms with E-state index in [0.29, 0.717) is 12.4 Å². The molecule has 0 saturated carbocycles. The number of nitrogens with two attached hydrogens (primary N) is 2. The van der Waals surface area contributed by atoms with Crippen molar-refractivity contribution in [2.45, 2.75) is 26.3 Å². The Bertz CT molecular complexity index is 420. The van der Waals surface area contributed by atoms with Crippen LogP contribution in [0.4, 0.5) is 5.82 Å². The fourth-order valence-corrected chi connectivity index (χ4v) is 2.30. The van der Waals surface area contributed by atoms with Crippen LogP contribution in [-0.2, 0) is 11.3 Å². The molecule has 0 aromatic carbocycles. The number of carbonyl (C=O) groups excluding carboxylic acids is 1. The Labute approximate surface area is 106 Å². The molecule has 1 fully saturated rings. The first-order valence-electron chi connectivity index (χ1n) is 6.16. The lowest BCUT2D eigenvalue weighted by molar-refractivity contribution is -0.123. The van der Waals surface area contributed by atoms with E-state index in [-0.39, 0.29) is 11.8 Å². The number of anilines is 1. The molecular weight excluding hydrogens is 230 g/mol. The smallest absolute Gasteiger partial charge is 0.220 e. The first-order chi connectivity index (χ1) is 8.54. The number of rotatable bonds is 3. The van der Waals surface area contributed by atoms with Crippen LogP contribution in [0.25, 0.3) is 0 Å². The molecule has 6 nitrogen and oxygen atoms in total. The molecule has 2 heterocycles. The van der Waals surface area contributed by atoms with Crippen molar-refractivity contribution < 1.29 is 4.79 Å². The highest BCUT2D eigenvalue weighted by Crippen LogP contribution is 2.18. The maximum Gasteiger partial charge on any atom is 0.220 e. The molecule has 18 heavy (non-hydrogen) atoms. The maximum atomic E-state index is 11.1. The van der Waals surface area contributed by atoms with Crippen LogP contribution in [0.5, 0.6) is 0 Å². The van der Waals surface area contributed by atoms with Crippen LogP contribution in [0.2, 0.25) is 0 Å². The van der Waals surface area contributed by atoms with E-state index in [2.05, 4.69) is 14.9 Å². The molecule has 0 spiro atoms. The number of carbonyl (C=O) groups is 1. The molecule has 0 radical (unpaired) electrons. The first kappa shape index (κ1) is 12.8. The standard InChI is InChI=1S/C12H19N5O/c1-8-6-10(13)16-11(15-8)7-17-4-2-9(3-5-17)12(14)18/h6,9H,2-5,7H2,1H3,(H2,14,18)(H2,13,15,16). The van der Waals surface area contributed by atoms with Crippen molar-refractivity contribution in [2.75, 3.05) is 18.8 Å². The van der Waals surface area contributed by atoms with Gasteiger partial charge in [-0.1, -0.05) is 0 Å². The number of amides is 1. The molecule has 1 saturated heterocycles. The number of primary amides is 1. The Hall–Kier alpha value is -1.69. The van der Waals surface area contributed by atoms with Gasteiger partial charge in [0.05, 0.1) is 6.54 Å². The molecule has 1 amide bonds. The van der Waals surface area contributed by atoms with Crippen LogP contribution in [0.3, 0.4) is 0 Å². The molecule has 1 aromatic heterocycles. The summed E-state index contributed by atoms with van der Waals surface area (Å²) >= 11 is 0. The van der Waals surface area contributed by atoms with E-state index in [1.807, 2.05) is 6.92 Å². The molecule has 1 aliphatic heterocycles. The van der Waals surface area contributed by atoms with Crippen molar-refractivity contribution in [1.29, 1.82) is 0 Å². The van der Waals surface area contributed by atoms with Gasteiger partial charge in [-0.25, -0.2) is 9.97 Å². The molecule has 98 valence electrons. The zero-order valence-corrected chi connectivity index (χ0v) is 10.6. The Morgan fingerprint density at radius 2 is 2.11 bits per heavy atom. The molecule has 1 aromatic rings. The summed E-state index contributed by atoms with van der Waals surface area (Å²) in [7, 11) is 0. The lowest BCUT2D eigenvalue weighted by atomic mass is 9.96. The fraction of sp³-hybridized carbons (Fsp3) is 0.583. The van der Waals surface area contributed by atoms with Crippen molar-refractivity contribution in [3.8, 4) is 0 Å². The zero-order chi connectivity index (χ0) is 13.1. The van der Waals surface area contributed by atoms with Crippen LogP contribution < -0.4 is 11.5 Å². The first-order valence-corrected chi connectivity index (χ1v) is 6.16. The number of nitrogen functional groups attached to an aromatic ring is 1. The predicted molar refractivity (Wildman–Crippen MR) is 68.4 cm³/mol. The molecular formula is C12H19N5O. The summed E-state index contributed by atoms with van der Waals surface area (Å²) in [6.45, 7) is 4.29. The topological polar surface area (TPSA) is 98.1 Å². The third-order valence-corrected chi connectivity index (χ3v) is 3.28. The van der Waals surface area contributed by atoms with Gasteiger partial charge in [-0.2, -0.15) is 0 Å². The second kappa shape index (κ2) is 5.30. The number of piperidine rings is 1. The van der Waals surface area contributed by atoms with E-state index in [9.17, 15) is 4.79 Å². The highest BCUT2D eigenvalue weighted by Gasteiger charge is 2.23. The normalized spacial score (nSPS) is 17.8. The summed E-state index contributed by atoms with van der Waals surface area (Å²) in [5.74, 6) is 1.07. The lowest BCUT2D eigenvalue weighted by Gasteiger charge is -2.29. The highest BCUT2D eigenvalue weighted by molar-refractivity contribution is 5.76. The summed E-state index contributed by atoms with van der Waals surface area (Å²) in [6.07, 6.45) is 1.63. The molecule has 0 unspecified atom stereocenters. The monoisotopic (exact) mass is 249 g/mol. The number of likely N-dealkylation sites (tertiary alicyclic amines) is 1. The average Bonchev–Trinajstić information content (AvgIpc) is 2.28. The fourth-order valence-electron chi connectivity index (χ4n) is 2.30. The second-order valence-corrected chi connectivity index (χ2v) is 4.80. The largest absolute Gasteiger partial charge is 0.384 e. The van der Waals surface area contributed by atoms with Gasteiger partial charge >= 0.3 is 0 Å². The third-order valence-electron chi connectivity index (χ3n) is 3.28. The molecule has 4 N–H and O–H groups in total. The van der Waals surface area contributed by atoms with Crippen LogP contribution >= 0.6 is 0 Å². The van der Waals surface area contributed by atoms with Crippen LogP contribution in [0.15, 0.2) is 6.07 Å². The van der Waals surface area contributed by atoms with Gasteiger partial charge in [-0.15, -0.1) is 0 Å². The van der Waals surface area contributed by atoms with Gasteiger partial charge in [0.1, 0.15) is 11.6 Å². The second-order valence-electron chi connectivity index (χ2n) is 4.80. The van der Waals surface area contributed by atoms with Crippen molar-refractivity contribution in [3.63, 3.8) is 0 Å². The molecule has 0 bridgehead atoms. The molecule has 6 heteroatoms. The Morgan fingerprint density at radius 1 is 1.44 bits per heavy atom. The molecule has 0 aliphatic carbocycles. The summed E-state index contributed by atoms with van der Waals surface area (Å²) in [5, 5.41) is 0. The van der Waals surface area contributed by atoms with E-state index < -0.39 is 0 Å². The minimum Gasteiger partial charge on any atom is -0.384 e. The Kier molecular flexibility index (Phi) is 3.76. The summed E-state index contributed by atoms with van der Waals surface area (Å²) in [6, 6.07) is 1.75. The number of hydrogen-bond donors (Lipinski definition) is 2. The van der Waals surface area contributed by atoms with Gasteiger partial charge in [0.25, 0.3) is 0 Å². The average molecular weight is 249 g/mol. The SMILES string of the molecule is Cc1cc(N)nc(CN2CCC(C(N)=O)CC2)n1. The van der Waals surface area contributed by atoms with E-state index in [0.717, 1.165) is 37.4 Å². The van der Waals surface area contributed by atoms with Gasteiger partial charge in [-0.3, -0.25) is 9.69 Å². The minimum absolute atomic E-state index is 0.0183. The van der Waals surface area contributed by atoms with Crippen LogP contribution in [0, 0.1) is 12.8 Å². The number of nitrogens with zero attached hydrogens (tertiary/aromatic N) is 3. The van der Waals surface area contributed by atoms with Crippen LogP contribution in [0.1, 0.15) is 24.4 Å². The van der Waals surface area contributed by atoms with E-state index in [4.69, 9.17) is 11.5 Å². The van der Waals surface area contributed by atoms with Crippen molar-refractivity contribution in [3.05, 3.63) is 17.6 Å². The zero-order valence-electron chi connectivity index (χ0n) is 10.6. The summed E-state index contributed by atoms with van der Waals surface area (Å²) in [4.78, 5) is 21.9. The quantitative estimate of drug-likeness (QED) is 0.789. The van der Waals surface area contributed by atoms with Crippen molar-refractivity contribution in [2.24, 2.45) is 11.7 Å². The molecule has 1 aliphatic rings. The lowest BCUT2D eigenvalue weighted by Crippen LogP contribution is -2.38. The van der Waals surface area contributed by atoms with Gasteiger partial charge in [0.15, 0.2) is 0 Å². The van der Waals surface area contributed by atoms with Gasteiger partial charge in [0, 0.05) is 17.7 Å². The van der Waals surface area contributed by atoms with Crippen molar-refractivity contribution >= 4 is 11.7 Å². The Balaban J connectivity index is 1.93. The summed E-state index contributed by atoms with van der Waals surface area (Å²) < 4.78 is 0. The predicted octanol–water partition coefficient (Wildman–Crippen LogP) is 0.0645. The number of aryl methyl sites for hydroxylation is 1. The minimum atomic E-state index is -0.189. The van der Waals surface area contributed by atoms with Crippen molar-refractivity contribution in [1.82, 2.24) is 14.9 Å². The van der Waals surface area contributed by atoms with E-state index in [1.54, 1.807) is 6.07 Å². The molecule has 0 atom stereocenters. The third kappa shape index (κ3) is 3.16. The molecule has 2 rings (SSSR count). The van der Waals surface area contributed by atoms with Crippen LogP contribution in [-0.4, -0.2) is 33.9 Å². The van der Waals surface area contributed by atoms with Gasteiger partial charge < -0.3 is 11.5 Å². The van der Waals surface area contributed by atoms with E-state index in [1.165, 1.54) is 0 Å².